The van der Waals surface area contributed by atoms with E-state index in [1.807, 2.05) is 11.8 Å². The summed E-state index contributed by atoms with van der Waals surface area (Å²) in [6.07, 6.45) is 4.05. The third-order valence-corrected chi connectivity index (χ3v) is 2.91. The maximum absolute atomic E-state index is 11.6. The van der Waals surface area contributed by atoms with Gasteiger partial charge >= 0.3 is 0 Å². The number of hydrogen-bond acceptors (Lipinski definition) is 2. The molecule has 0 aliphatic heterocycles. The molecular formula is C10H18N2OS. The highest BCUT2D eigenvalue weighted by molar-refractivity contribution is 7.80. The van der Waals surface area contributed by atoms with Crippen LogP contribution in [0.15, 0.2) is 0 Å². The second kappa shape index (κ2) is 5.29. The van der Waals surface area contributed by atoms with E-state index in [2.05, 4.69) is 0 Å². The number of hydrogen-bond donors (Lipinski definition) is 1. The Morgan fingerprint density at radius 1 is 1.57 bits per heavy atom. The summed E-state index contributed by atoms with van der Waals surface area (Å²) in [5, 5.41) is 0. The zero-order valence-corrected chi connectivity index (χ0v) is 9.48. The first-order chi connectivity index (χ1) is 6.63. The minimum Gasteiger partial charge on any atom is -0.393 e. The zero-order chi connectivity index (χ0) is 10.6. The first kappa shape index (κ1) is 11.4. The Morgan fingerprint density at radius 3 is 2.57 bits per heavy atom. The predicted octanol–water partition coefficient (Wildman–Crippen LogP) is 1.31. The quantitative estimate of drug-likeness (QED) is 0.702. The van der Waals surface area contributed by atoms with Gasteiger partial charge in [-0.1, -0.05) is 18.6 Å². The van der Waals surface area contributed by atoms with Crippen LogP contribution < -0.4 is 5.73 Å². The molecule has 1 saturated carbocycles. The van der Waals surface area contributed by atoms with Crippen LogP contribution in [0.2, 0.25) is 0 Å². The highest BCUT2D eigenvalue weighted by atomic mass is 32.1. The summed E-state index contributed by atoms with van der Waals surface area (Å²) in [4.78, 5) is 13.8. The van der Waals surface area contributed by atoms with E-state index in [4.69, 9.17) is 18.0 Å². The van der Waals surface area contributed by atoms with Gasteiger partial charge in [-0.15, -0.1) is 0 Å². The lowest BCUT2D eigenvalue weighted by Crippen LogP contribution is -2.38. The molecule has 4 heteroatoms. The van der Waals surface area contributed by atoms with Crippen LogP contribution in [0.5, 0.6) is 0 Å². The van der Waals surface area contributed by atoms with Crippen LogP contribution in [-0.4, -0.2) is 28.9 Å². The standard InChI is InChI=1S/C10H18N2OS/c1-2-12(7-8-4-3-5-8)10(13)6-9(11)14/h8H,2-7H2,1H3,(H2,11,14). The van der Waals surface area contributed by atoms with E-state index in [9.17, 15) is 4.79 Å². The predicted molar refractivity (Wildman–Crippen MR) is 61.0 cm³/mol. The van der Waals surface area contributed by atoms with Crippen molar-refractivity contribution in [3.8, 4) is 0 Å². The van der Waals surface area contributed by atoms with Crippen molar-refractivity contribution in [1.29, 1.82) is 0 Å². The number of nitrogens with two attached hydrogens (primary N) is 1. The Bertz CT molecular complexity index is 226. The number of rotatable bonds is 5. The minimum absolute atomic E-state index is 0.0758. The summed E-state index contributed by atoms with van der Waals surface area (Å²) in [6.45, 7) is 3.64. The molecule has 1 aliphatic rings. The van der Waals surface area contributed by atoms with Crippen molar-refractivity contribution in [3.63, 3.8) is 0 Å². The highest BCUT2D eigenvalue weighted by Crippen LogP contribution is 2.27. The van der Waals surface area contributed by atoms with Gasteiger partial charge in [0.1, 0.15) is 0 Å². The topological polar surface area (TPSA) is 46.3 Å². The minimum atomic E-state index is 0.0758. The molecule has 2 N–H and O–H groups in total. The molecule has 0 aromatic rings. The van der Waals surface area contributed by atoms with Gasteiger partial charge in [0.05, 0.1) is 11.4 Å². The monoisotopic (exact) mass is 214 g/mol. The first-order valence-corrected chi connectivity index (χ1v) is 5.60. The average molecular weight is 214 g/mol. The number of nitrogens with zero attached hydrogens (tertiary/aromatic N) is 1. The molecule has 14 heavy (non-hydrogen) atoms. The van der Waals surface area contributed by atoms with Gasteiger partial charge in [0.15, 0.2) is 0 Å². The Balaban J connectivity index is 2.35. The highest BCUT2D eigenvalue weighted by Gasteiger charge is 2.22. The molecule has 0 radical (unpaired) electrons. The van der Waals surface area contributed by atoms with Crippen molar-refractivity contribution in [2.24, 2.45) is 11.7 Å². The van der Waals surface area contributed by atoms with Crippen molar-refractivity contribution < 1.29 is 4.79 Å². The molecule has 1 fully saturated rings. The Hall–Kier alpha value is -0.640. The van der Waals surface area contributed by atoms with Crippen LogP contribution in [0, 0.1) is 5.92 Å². The molecular weight excluding hydrogens is 196 g/mol. The lowest BCUT2D eigenvalue weighted by molar-refractivity contribution is -0.130. The third kappa shape index (κ3) is 3.25. The molecule has 1 rings (SSSR count). The molecule has 0 atom stereocenters. The zero-order valence-electron chi connectivity index (χ0n) is 8.66. The van der Waals surface area contributed by atoms with Gasteiger partial charge in [-0.2, -0.15) is 0 Å². The normalized spacial score (nSPS) is 16.1. The number of thiocarbonyl (C=S) groups is 1. The number of amides is 1. The maximum atomic E-state index is 11.6. The molecule has 0 saturated heterocycles. The summed E-state index contributed by atoms with van der Waals surface area (Å²) in [5.74, 6) is 0.789. The van der Waals surface area contributed by atoms with Gasteiger partial charge in [-0.25, -0.2) is 0 Å². The second-order valence-electron chi connectivity index (χ2n) is 3.87. The summed E-state index contributed by atoms with van der Waals surface area (Å²) in [5.41, 5.74) is 5.35. The number of carbonyl (C=O) groups excluding carboxylic acids is 1. The molecule has 0 bridgehead atoms. The average Bonchev–Trinajstić information content (AvgIpc) is 2.01. The van der Waals surface area contributed by atoms with Crippen LogP contribution in [0.25, 0.3) is 0 Å². The van der Waals surface area contributed by atoms with E-state index in [1.165, 1.54) is 19.3 Å². The van der Waals surface area contributed by atoms with Crippen molar-refractivity contribution in [2.45, 2.75) is 32.6 Å². The van der Waals surface area contributed by atoms with Gasteiger partial charge in [0, 0.05) is 13.1 Å². The van der Waals surface area contributed by atoms with Crippen LogP contribution in [0.1, 0.15) is 32.6 Å². The lowest BCUT2D eigenvalue weighted by Gasteiger charge is -2.31. The molecule has 3 nitrogen and oxygen atoms in total. The number of carbonyl (C=O) groups is 1. The first-order valence-electron chi connectivity index (χ1n) is 5.19. The van der Waals surface area contributed by atoms with Crippen LogP contribution in [0.3, 0.4) is 0 Å². The van der Waals surface area contributed by atoms with E-state index in [0.717, 1.165) is 13.1 Å². The molecule has 0 spiro atoms. The summed E-state index contributed by atoms with van der Waals surface area (Å²) >= 11 is 4.73. The van der Waals surface area contributed by atoms with E-state index in [-0.39, 0.29) is 12.3 Å². The summed E-state index contributed by atoms with van der Waals surface area (Å²) < 4.78 is 0. The van der Waals surface area contributed by atoms with Crippen molar-refractivity contribution in [2.75, 3.05) is 13.1 Å². The van der Waals surface area contributed by atoms with Gasteiger partial charge in [-0.05, 0) is 25.7 Å². The molecule has 0 aromatic heterocycles. The Labute approximate surface area is 90.6 Å². The Kier molecular flexibility index (Phi) is 4.32. The summed E-state index contributed by atoms with van der Waals surface area (Å²) in [6, 6.07) is 0. The maximum Gasteiger partial charge on any atom is 0.229 e. The lowest BCUT2D eigenvalue weighted by atomic mass is 9.85. The van der Waals surface area contributed by atoms with Crippen LogP contribution >= 0.6 is 12.2 Å². The largest absolute Gasteiger partial charge is 0.393 e. The van der Waals surface area contributed by atoms with Crippen molar-refractivity contribution in [3.05, 3.63) is 0 Å². The van der Waals surface area contributed by atoms with E-state index in [0.29, 0.717) is 10.9 Å². The molecule has 1 amide bonds. The third-order valence-electron chi connectivity index (χ3n) is 2.76. The molecule has 0 aromatic carbocycles. The van der Waals surface area contributed by atoms with E-state index >= 15 is 0 Å². The van der Waals surface area contributed by atoms with Gasteiger partial charge < -0.3 is 10.6 Å². The molecule has 80 valence electrons. The van der Waals surface area contributed by atoms with E-state index < -0.39 is 0 Å². The summed E-state index contributed by atoms with van der Waals surface area (Å²) in [7, 11) is 0. The second-order valence-corrected chi connectivity index (χ2v) is 4.40. The fraction of sp³-hybridized carbons (Fsp3) is 0.800. The van der Waals surface area contributed by atoms with E-state index in [1.54, 1.807) is 0 Å². The van der Waals surface area contributed by atoms with Gasteiger partial charge in [0.2, 0.25) is 5.91 Å². The Morgan fingerprint density at radius 2 is 2.21 bits per heavy atom. The van der Waals surface area contributed by atoms with Gasteiger partial charge in [-0.3, -0.25) is 4.79 Å². The smallest absolute Gasteiger partial charge is 0.229 e. The molecule has 0 heterocycles. The van der Waals surface area contributed by atoms with Crippen LogP contribution in [0.4, 0.5) is 0 Å². The SMILES string of the molecule is CCN(CC1CCC1)C(=O)CC(N)=S. The molecule has 0 unspecified atom stereocenters. The fourth-order valence-corrected chi connectivity index (χ4v) is 1.78. The molecule has 1 aliphatic carbocycles. The fourth-order valence-electron chi connectivity index (χ4n) is 1.66. The van der Waals surface area contributed by atoms with Gasteiger partial charge in [0.25, 0.3) is 0 Å². The van der Waals surface area contributed by atoms with Crippen molar-refractivity contribution in [1.82, 2.24) is 4.90 Å². The van der Waals surface area contributed by atoms with Crippen LogP contribution in [-0.2, 0) is 4.79 Å². The van der Waals surface area contributed by atoms with Crippen molar-refractivity contribution >= 4 is 23.1 Å².